The molecule has 0 aliphatic carbocycles. The van der Waals surface area contributed by atoms with E-state index in [0.717, 1.165) is 36.0 Å². The van der Waals surface area contributed by atoms with Crippen molar-refractivity contribution in [2.45, 2.75) is 12.5 Å². The van der Waals surface area contributed by atoms with Crippen LogP contribution in [-0.4, -0.2) is 51.2 Å². The van der Waals surface area contributed by atoms with Gasteiger partial charge in [0.2, 0.25) is 0 Å². The quantitative estimate of drug-likeness (QED) is 0.296. The summed E-state index contributed by atoms with van der Waals surface area (Å²) in [6.45, 7) is 2.78. The summed E-state index contributed by atoms with van der Waals surface area (Å²) >= 11 is 12.6. The number of nitrogens with one attached hydrogen (secondary N) is 2. The fraction of sp³-hybridized carbons (Fsp3) is 0.316. The Bertz CT molecular complexity index is 1140. The first-order chi connectivity index (χ1) is 14.5. The maximum absolute atomic E-state index is 12.1. The highest BCUT2D eigenvalue weighted by atomic mass is 35.5. The highest BCUT2D eigenvalue weighted by molar-refractivity contribution is 7.91. The summed E-state index contributed by atoms with van der Waals surface area (Å²) in [6.07, 6.45) is 0.784. The van der Waals surface area contributed by atoms with E-state index in [-0.39, 0.29) is 12.1 Å². The van der Waals surface area contributed by atoms with Gasteiger partial charge in [-0.15, -0.1) is 0 Å². The van der Waals surface area contributed by atoms with Crippen molar-refractivity contribution >= 4 is 52.6 Å². The highest BCUT2D eigenvalue weighted by Crippen LogP contribution is 2.38. The molecule has 3 N–H and O–H groups in total. The van der Waals surface area contributed by atoms with Crippen molar-refractivity contribution in [3.05, 3.63) is 63.1 Å². The molecule has 12 heteroatoms. The second-order valence-electron chi connectivity index (χ2n) is 7.58. The standard InChI is InChI=1S/C19H23Cl2N4O4PS/c1-25-11-17(16-9-14(20)10-19(21)18(16)12-25)13-3-5-15(6-4-13)23-31(28,29)22-7-8-30(2,27)24-26/h3-7,9-10,17,23,26H,8,11-12H2,1-2H3,(H,24,27). The third kappa shape index (κ3) is 6.29. The Balaban J connectivity index is 1.78. The van der Waals surface area contributed by atoms with E-state index in [9.17, 15) is 13.0 Å². The maximum Gasteiger partial charge on any atom is 0.341 e. The van der Waals surface area contributed by atoms with Gasteiger partial charge < -0.3 is 14.7 Å². The van der Waals surface area contributed by atoms with Crippen LogP contribution in [-0.2, 0) is 21.3 Å². The predicted molar refractivity (Wildman–Crippen MR) is 125 cm³/mol. The molecule has 1 heterocycles. The SMILES string of the molecule is CN1Cc2c(Cl)cc(Cl)cc2C(c2ccc(NS(=O)(=O)N=CCP(C)(=O)NO)cc2)C1. The van der Waals surface area contributed by atoms with Gasteiger partial charge in [-0.3, -0.25) is 4.72 Å². The first-order valence-electron chi connectivity index (χ1n) is 9.30. The molecule has 0 bridgehead atoms. The Morgan fingerprint density at radius 3 is 2.61 bits per heavy atom. The van der Waals surface area contributed by atoms with Crippen molar-refractivity contribution in [1.82, 2.24) is 10.2 Å². The Labute approximate surface area is 191 Å². The van der Waals surface area contributed by atoms with E-state index < -0.39 is 17.5 Å². The molecule has 2 unspecified atom stereocenters. The molecule has 0 saturated carbocycles. The predicted octanol–water partition coefficient (Wildman–Crippen LogP) is 4.18. The van der Waals surface area contributed by atoms with Gasteiger partial charge in [-0.2, -0.15) is 18.1 Å². The average Bonchev–Trinajstić information content (AvgIpc) is 2.68. The van der Waals surface area contributed by atoms with E-state index in [1.807, 2.05) is 25.2 Å². The topological polar surface area (TPSA) is 111 Å². The molecule has 0 aromatic heterocycles. The third-order valence-corrected chi connectivity index (χ3v) is 7.67. The second kappa shape index (κ2) is 9.58. The molecule has 0 amide bonds. The summed E-state index contributed by atoms with van der Waals surface area (Å²) in [7, 11) is -5.07. The largest absolute Gasteiger partial charge is 0.341 e. The van der Waals surface area contributed by atoms with Crippen LogP contribution in [0.4, 0.5) is 5.69 Å². The first-order valence-corrected chi connectivity index (χ1v) is 13.8. The summed E-state index contributed by atoms with van der Waals surface area (Å²) in [5.41, 5.74) is 3.44. The van der Waals surface area contributed by atoms with E-state index in [2.05, 4.69) is 14.0 Å². The molecule has 0 radical (unpaired) electrons. The minimum absolute atomic E-state index is 0.0401. The van der Waals surface area contributed by atoms with Gasteiger partial charge in [-0.05, 0) is 48.0 Å². The zero-order valence-corrected chi connectivity index (χ0v) is 20.1. The molecule has 0 spiro atoms. The van der Waals surface area contributed by atoms with Gasteiger partial charge in [0.05, 0.1) is 11.8 Å². The number of rotatable bonds is 7. The van der Waals surface area contributed by atoms with Crippen LogP contribution in [0.2, 0.25) is 10.0 Å². The normalized spacial score (nSPS) is 19.2. The van der Waals surface area contributed by atoms with Crippen molar-refractivity contribution in [3.63, 3.8) is 0 Å². The van der Waals surface area contributed by atoms with Gasteiger partial charge >= 0.3 is 10.2 Å². The van der Waals surface area contributed by atoms with Crippen LogP contribution in [0, 0.1) is 0 Å². The Hall–Kier alpha value is -1.45. The van der Waals surface area contributed by atoms with Gasteiger partial charge in [-0.25, -0.2) is 0 Å². The summed E-state index contributed by atoms with van der Waals surface area (Å²) < 4.78 is 41.7. The molecule has 2 aromatic carbocycles. The molecule has 168 valence electrons. The van der Waals surface area contributed by atoms with Crippen molar-refractivity contribution < 1.29 is 18.2 Å². The monoisotopic (exact) mass is 504 g/mol. The Morgan fingerprint density at radius 2 is 1.97 bits per heavy atom. The molecule has 2 atom stereocenters. The Morgan fingerprint density at radius 1 is 1.29 bits per heavy atom. The lowest BCUT2D eigenvalue weighted by Crippen LogP contribution is -2.31. The fourth-order valence-corrected chi connectivity index (χ4v) is 5.33. The summed E-state index contributed by atoms with van der Waals surface area (Å²) in [5.74, 6) is 0.0401. The first kappa shape index (κ1) is 24.2. The van der Waals surface area contributed by atoms with Crippen LogP contribution in [0.1, 0.15) is 22.6 Å². The van der Waals surface area contributed by atoms with Gasteiger partial charge in [0, 0.05) is 41.9 Å². The lowest BCUT2D eigenvalue weighted by molar-refractivity contribution is 0.242. The van der Waals surface area contributed by atoms with Crippen molar-refractivity contribution in [3.8, 4) is 0 Å². The average molecular weight is 505 g/mol. The number of benzene rings is 2. The minimum Gasteiger partial charge on any atom is -0.310 e. The molecule has 0 fully saturated rings. The van der Waals surface area contributed by atoms with Crippen LogP contribution in [0.25, 0.3) is 0 Å². The lowest BCUT2D eigenvalue weighted by atomic mass is 9.85. The molecular weight excluding hydrogens is 482 g/mol. The molecule has 1 aliphatic heterocycles. The van der Waals surface area contributed by atoms with Gasteiger partial charge in [0.25, 0.3) is 0 Å². The van der Waals surface area contributed by atoms with E-state index >= 15 is 0 Å². The van der Waals surface area contributed by atoms with E-state index in [1.54, 1.807) is 23.4 Å². The third-order valence-electron chi connectivity index (χ3n) is 4.91. The highest BCUT2D eigenvalue weighted by Gasteiger charge is 2.27. The number of halogens is 2. The Kier molecular flexibility index (Phi) is 7.48. The van der Waals surface area contributed by atoms with Crippen molar-refractivity contribution in [2.75, 3.05) is 31.1 Å². The van der Waals surface area contributed by atoms with Gasteiger partial charge in [0.1, 0.15) is 0 Å². The minimum atomic E-state index is -4.03. The molecule has 3 rings (SSSR count). The summed E-state index contributed by atoms with van der Waals surface area (Å²) in [6, 6.07) is 10.7. The van der Waals surface area contributed by atoms with Crippen LogP contribution in [0.15, 0.2) is 40.8 Å². The van der Waals surface area contributed by atoms with Gasteiger partial charge in [0.15, 0.2) is 7.29 Å². The number of nitrogens with zero attached hydrogens (tertiary/aromatic N) is 2. The number of likely N-dealkylation sites (N-methyl/N-ethyl adjacent to an activating group) is 1. The molecule has 8 nitrogen and oxygen atoms in total. The van der Waals surface area contributed by atoms with Crippen LogP contribution in [0.3, 0.4) is 0 Å². The smallest absolute Gasteiger partial charge is 0.310 e. The van der Waals surface area contributed by atoms with Crippen LogP contribution >= 0.6 is 30.5 Å². The van der Waals surface area contributed by atoms with E-state index in [1.165, 1.54) is 6.66 Å². The number of hydrogen-bond acceptors (Lipinski definition) is 5. The number of hydrogen-bond donors (Lipinski definition) is 3. The molecule has 1 aliphatic rings. The molecule has 2 aromatic rings. The maximum atomic E-state index is 12.1. The van der Waals surface area contributed by atoms with E-state index in [0.29, 0.717) is 15.7 Å². The molecule has 0 saturated heterocycles. The molecule has 31 heavy (non-hydrogen) atoms. The number of anilines is 1. The van der Waals surface area contributed by atoms with Crippen LogP contribution < -0.4 is 9.97 Å². The van der Waals surface area contributed by atoms with Crippen molar-refractivity contribution in [2.24, 2.45) is 4.40 Å². The molecular formula is C19H23Cl2N4O4PS. The number of fused-ring (bicyclic) bond motifs is 1. The van der Waals surface area contributed by atoms with Crippen LogP contribution in [0.5, 0.6) is 0 Å². The summed E-state index contributed by atoms with van der Waals surface area (Å²) in [4.78, 5) is 2.17. The van der Waals surface area contributed by atoms with Crippen molar-refractivity contribution in [1.29, 1.82) is 0 Å². The van der Waals surface area contributed by atoms with E-state index in [4.69, 9.17) is 28.4 Å². The lowest BCUT2D eigenvalue weighted by Gasteiger charge is -2.33. The second-order valence-corrected chi connectivity index (χ2v) is 12.6. The summed E-state index contributed by atoms with van der Waals surface area (Å²) in [5, 5.41) is 11.6. The van der Waals surface area contributed by atoms with Gasteiger partial charge in [-0.1, -0.05) is 35.3 Å². The zero-order valence-electron chi connectivity index (χ0n) is 16.9. The zero-order chi connectivity index (χ0) is 22.8. The fourth-order valence-electron chi connectivity index (χ4n) is 3.42.